The molecule has 1 aromatic heterocycles. The molecule has 0 atom stereocenters. The minimum Gasteiger partial charge on any atom is -0.367 e. The van der Waals surface area contributed by atoms with Gasteiger partial charge in [-0.25, -0.2) is 0 Å². The summed E-state index contributed by atoms with van der Waals surface area (Å²) in [4.78, 5) is 0. The van der Waals surface area contributed by atoms with Gasteiger partial charge in [-0.15, -0.1) is 0 Å². The summed E-state index contributed by atoms with van der Waals surface area (Å²) in [6, 6.07) is 12.9. The summed E-state index contributed by atoms with van der Waals surface area (Å²) in [5.41, 5.74) is 8.60. The Bertz CT molecular complexity index is 797. The zero-order chi connectivity index (χ0) is 15.0. The molecule has 0 aliphatic rings. The van der Waals surface area contributed by atoms with Crippen molar-refractivity contribution < 1.29 is 4.52 Å². The van der Waals surface area contributed by atoms with Gasteiger partial charge in [0.05, 0.1) is 15.6 Å². The van der Waals surface area contributed by atoms with Gasteiger partial charge in [0.1, 0.15) is 5.69 Å². The van der Waals surface area contributed by atoms with E-state index in [2.05, 4.69) is 21.1 Å². The maximum atomic E-state index is 6.25. The summed E-state index contributed by atoms with van der Waals surface area (Å²) in [7, 11) is 0. The van der Waals surface area contributed by atoms with Crippen molar-refractivity contribution in [3.8, 4) is 22.4 Å². The fourth-order valence-corrected chi connectivity index (χ4v) is 3.18. The summed E-state index contributed by atoms with van der Waals surface area (Å²) < 4.78 is 6.04. The van der Waals surface area contributed by atoms with Crippen LogP contribution in [-0.4, -0.2) is 5.16 Å². The highest BCUT2D eigenvalue weighted by Crippen LogP contribution is 2.43. The zero-order valence-corrected chi connectivity index (χ0v) is 13.7. The largest absolute Gasteiger partial charge is 0.367 e. The molecule has 0 fully saturated rings. The Hall–Kier alpha value is -1.49. The lowest BCUT2D eigenvalue weighted by Gasteiger charge is -2.08. The number of rotatable bonds is 2. The average Bonchev–Trinajstić information content (AvgIpc) is 2.81. The van der Waals surface area contributed by atoms with Crippen LogP contribution in [0.5, 0.6) is 0 Å². The van der Waals surface area contributed by atoms with Gasteiger partial charge in [0, 0.05) is 15.6 Å². The van der Waals surface area contributed by atoms with Gasteiger partial charge < -0.3 is 10.3 Å². The van der Waals surface area contributed by atoms with Crippen LogP contribution in [0, 0.1) is 0 Å². The molecule has 0 unspecified atom stereocenters. The van der Waals surface area contributed by atoms with E-state index in [0.717, 1.165) is 10.0 Å². The maximum absolute atomic E-state index is 6.25. The Morgan fingerprint density at radius 1 is 0.952 bits per heavy atom. The Kier molecular flexibility index (Phi) is 3.93. The predicted molar refractivity (Wildman–Crippen MR) is 89.5 cm³/mol. The Morgan fingerprint density at radius 2 is 1.62 bits per heavy atom. The van der Waals surface area contributed by atoms with Crippen molar-refractivity contribution in [3.63, 3.8) is 0 Å². The molecule has 0 spiro atoms. The van der Waals surface area contributed by atoms with Gasteiger partial charge in [-0.05, 0) is 18.2 Å². The van der Waals surface area contributed by atoms with E-state index >= 15 is 0 Å². The van der Waals surface area contributed by atoms with Crippen LogP contribution < -0.4 is 5.73 Å². The molecule has 0 aliphatic heterocycles. The van der Waals surface area contributed by atoms with Gasteiger partial charge in [0.2, 0.25) is 5.88 Å². The highest BCUT2D eigenvalue weighted by Gasteiger charge is 2.22. The highest BCUT2D eigenvalue weighted by molar-refractivity contribution is 9.10. The number of halogens is 3. The zero-order valence-electron chi connectivity index (χ0n) is 10.6. The van der Waals surface area contributed by atoms with Crippen LogP contribution >= 0.6 is 39.1 Å². The number of hydrogen-bond donors (Lipinski definition) is 1. The van der Waals surface area contributed by atoms with Gasteiger partial charge in [0.15, 0.2) is 0 Å². The van der Waals surface area contributed by atoms with E-state index in [1.54, 1.807) is 18.2 Å². The van der Waals surface area contributed by atoms with Crippen molar-refractivity contribution >= 4 is 45.0 Å². The van der Waals surface area contributed by atoms with Gasteiger partial charge in [0.25, 0.3) is 0 Å². The minimum absolute atomic E-state index is 0.216. The molecule has 3 aromatic rings. The molecule has 0 radical (unpaired) electrons. The third-order valence-electron chi connectivity index (χ3n) is 3.06. The average molecular weight is 384 g/mol. The van der Waals surface area contributed by atoms with Crippen LogP contribution in [0.15, 0.2) is 51.5 Å². The minimum atomic E-state index is 0.216. The summed E-state index contributed by atoms with van der Waals surface area (Å²) >= 11 is 16.0. The van der Waals surface area contributed by atoms with Crippen molar-refractivity contribution in [1.29, 1.82) is 0 Å². The molecule has 0 saturated heterocycles. The lowest BCUT2D eigenvalue weighted by atomic mass is 10.0. The number of aromatic nitrogens is 1. The van der Waals surface area contributed by atoms with Crippen LogP contribution in [0.4, 0.5) is 5.88 Å². The van der Waals surface area contributed by atoms with Crippen LogP contribution in [0.3, 0.4) is 0 Å². The first-order valence-corrected chi connectivity index (χ1v) is 7.59. The normalized spacial score (nSPS) is 10.8. The van der Waals surface area contributed by atoms with E-state index in [9.17, 15) is 0 Å². The topological polar surface area (TPSA) is 52.0 Å². The number of hydrogen-bond acceptors (Lipinski definition) is 3. The summed E-state index contributed by atoms with van der Waals surface area (Å²) in [5.74, 6) is 0.216. The second-order valence-electron chi connectivity index (χ2n) is 4.35. The molecule has 0 saturated carbocycles. The van der Waals surface area contributed by atoms with Gasteiger partial charge >= 0.3 is 0 Å². The number of nitrogens with two attached hydrogens (primary N) is 1. The number of benzene rings is 2. The molecule has 3 rings (SSSR count). The quantitative estimate of drug-likeness (QED) is 0.621. The summed E-state index contributed by atoms with van der Waals surface area (Å²) in [5, 5.41) is 5.02. The summed E-state index contributed by atoms with van der Waals surface area (Å²) in [6.07, 6.45) is 0. The van der Waals surface area contributed by atoms with E-state index in [1.165, 1.54) is 0 Å². The highest BCUT2D eigenvalue weighted by atomic mass is 79.9. The molecule has 1 heterocycles. The van der Waals surface area contributed by atoms with E-state index in [4.69, 9.17) is 33.5 Å². The standard InChI is InChI=1S/C15H9BrCl2N2O/c16-9-5-2-1-4-8(9)12-14(20-21-15(12)19)13-10(17)6-3-7-11(13)18/h1-7H,19H2. The molecule has 3 nitrogen and oxygen atoms in total. The molecule has 106 valence electrons. The van der Waals surface area contributed by atoms with Crippen molar-refractivity contribution in [2.45, 2.75) is 0 Å². The molecule has 0 amide bonds. The molecule has 6 heteroatoms. The molecule has 0 bridgehead atoms. The third kappa shape index (κ3) is 2.55. The van der Waals surface area contributed by atoms with Crippen molar-refractivity contribution in [2.24, 2.45) is 0 Å². The Labute approximate surface area is 139 Å². The van der Waals surface area contributed by atoms with Gasteiger partial charge in [-0.3, -0.25) is 0 Å². The SMILES string of the molecule is Nc1onc(-c2c(Cl)cccc2Cl)c1-c1ccccc1Br. The fraction of sp³-hybridized carbons (Fsp3) is 0. The first kappa shape index (κ1) is 14.4. The summed E-state index contributed by atoms with van der Waals surface area (Å²) in [6.45, 7) is 0. The van der Waals surface area contributed by atoms with E-state index in [1.807, 2.05) is 24.3 Å². The monoisotopic (exact) mass is 382 g/mol. The molecule has 0 aliphatic carbocycles. The van der Waals surface area contributed by atoms with E-state index < -0.39 is 0 Å². The molecular weight excluding hydrogens is 375 g/mol. The third-order valence-corrected chi connectivity index (χ3v) is 4.38. The van der Waals surface area contributed by atoms with E-state index in [-0.39, 0.29) is 5.88 Å². The second kappa shape index (κ2) is 5.72. The van der Waals surface area contributed by atoms with Crippen molar-refractivity contribution in [1.82, 2.24) is 5.16 Å². The molecular formula is C15H9BrCl2N2O. The molecule has 21 heavy (non-hydrogen) atoms. The number of nitrogens with zero attached hydrogens (tertiary/aromatic N) is 1. The second-order valence-corrected chi connectivity index (χ2v) is 6.02. The fourth-order valence-electron chi connectivity index (χ4n) is 2.12. The van der Waals surface area contributed by atoms with Gasteiger partial charge in [-0.2, -0.15) is 0 Å². The van der Waals surface area contributed by atoms with Crippen LogP contribution in [0.2, 0.25) is 10.0 Å². The number of nitrogen functional groups attached to an aromatic ring is 1. The van der Waals surface area contributed by atoms with Crippen LogP contribution in [0.1, 0.15) is 0 Å². The maximum Gasteiger partial charge on any atom is 0.230 e. The van der Waals surface area contributed by atoms with Crippen LogP contribution in [0.25, 0.3) is 22.4 Å². The van der Waals surface area contributed by atoms with Crippen LogP contribution in [-0.2, 0) is 0 Å². The predicted octanol–water partition coefficient (Wildman–Crippen LogP) is 5.66. The lowest BCUT2D eigenvalue weighted by molar-refractivity contribution is 0.439. The lowest BCUT2D eigenvalue weighted by Crippen LogP contribution is -1.90. The first-order valence-electron chi connectivity index (χ1n) is 6.04. The Balaban J connectivity index is 2.31. The van der Waals surface area contributed by atoms with Crippen molar-refractivity contribution in [3.05, 3.63) is 57.0 Å². The van der Waals surface area contributed by atoms with Crippen molar-refractivity contribution in [2.75, 3.05) is 5.73 Å². The Morgan fingerprint density at radius 3 is 2.29 bits per heavy atom. The van der Waals surface area contributed by atoms with Gasteiger partial charge in [-0.1, -0.05) is 68.6 Å². The first-order chi connectivity index (χ1) is 10.1. The molecule has 2 aromatic carbocycles. The number of anilines is 1. The smallest absolute Gasteiger partial charge is 0.230 e. The molecule has 2 N–H and O–H groups in total. The van der Waals surface area contributed by atoms with E-state index in [0.29, 0.717) is 26.9 Å².